The molecular weight excluding hydrogens is 405 g/mol. The maximum Gasteiger partial charge on any atom is 0.147 e. The minimum Gasteiger partial charge on any atom is -0.336 e. The van der Waals surface area contributed by atoms with E-state index in [9.17, 15) is 0 Å². The summed E-state index contributed by atoms with van der Waals surface area (Å²) in [7, 11) is 0. The largest absolute Gasteiger partial charge is 0.336 e. The van der Waals surface area contributed by atoms with Gasteiger partial charge in [0.2, 0.25) is 0 Å². The van der Waals surface area contributed by atoms with Crippen molar-refractivity contribution < 1.29 is 4.39 Å². The van der Waals surface area contributed by atoms with Crippen molar-refractivity contribution in [2.24, 2.45) is 0 Å². The topological polar surface area (TPSA) is 3.24 Å². The molecule has 0 fully saturated rings. The Morgan fingerprint density at radius 1 is 0.697 bits per heavy atom. The smallest absolute Gasteiger partial charge is 0.147 e. The molecule has 0 aliphatic heterocycles. The summed E-state index contributed by atoms with van der Waals surface area (Å²) in [4.78, 5) is 2.15. The van der Waals surface area contributed by atoms with E-state index in [1.54, 1.807) is 6.07 Å². The van der Waals surface area contributed by atoms with Crippen LogP contribution in [0, 0.1) is 12.7 Å². The highest BCUT2D eigenvalue weighted by Crippen LogP contribution is 2.51. The first-order valence-corrected chi connectivity index (χ1v) is 11.7. The van der Waals surface area contributed by atoms with Crippen LogP contribution < -0.4 is 4.90 Å². The molecular formula is C31H30FN. The summed E-state index contributed by atoms with van der Waals surface area (Å²) >= 11 is 0. The van der Waals surface area contributed by atoms with Crippen molar-refractivity contribution in [1.82, 2.24) is 0 Å². The van der Waals surface area contributed by atoms with Crippen molar-refractivity contribution in [2.75, 3.05) is 4.90 Å². The van der Waals surface area contributed by atoms with Gasteiger partial charge in [0.1, 0.15) is 5.82 Å². The molecule has 1 aliphatic carbocycles. The molecule has 4 aromatic rings. The van der Waals surface area contributed by atoms with E-state index >= 15 is 4.39 Å². The van der Waals surface area contributed by atoms with Gasteiger partial charge in [0.05, 0.1) is 5.69 Å². The van der Waals surface area contributed by atoms with Gasteiger partial charge in [-0.3, -0.25) is 0 Å². The zero-order chi connectivity index (χ0) is 23.3. The third-order valence-electron chi connectivity index (χ3n) is 7.08. The Morgan fingerprint density at radius 2 is 1.36 bits per heavy atom. The van der Waals surface area contributed by atoms with Crippen LogP contribution in [0.3, 0.4) is 0 Å². The maximum absolute atomic E-state index is 15.8. The van der Waals surface area contributed by atoms with E-state index in [1.807, 2.05) is 12.1 Å². The molecule has 166 valence electrons. The van der Waals surface area contributed by atoms with Gasteiger partial charge in [-0.15, -0.1) is 0 Å². The van der Waals surface area contributed by atoms with Crippen molar-refractivity contribution in [3.63, 3.8) is 0 Å². The van der Waals surface area contributed by atoms with Crippen molar-refractivity contribution >= 4 is 11.4 Å². The van der Waals surface area contributed by atoms with Gasteiger partial charge >= 0.3 is 0 Å². The van der Waals surface area contributed by atoms with Crippen LogP contribution in [0.4, 0.5) is 15.8 Å². The molecule has 0 heterocycles. The molecule has 1 nitrogen and oxygen atoms in total. The summed E-state index contributed by atoms with van der Waals surface area (Å²) in [6.07, 6.45) is 0. The van der Waals surface area contributed by atoms with Crippen LogP contribution in [0.15, 0.2) is 84.9 Å². The van der Waals surface area contributed by atoms with Gasteiger partial charge in [0.25, 0.3) is 0 Å². The Balaban J connectivity index is 1.69. The molecule has 0 saturated carbocycles. The third kappa shape index (κ3) is 3.36. The van der Waals surface area contributed by atoms with Gasteiger partial charge in [-0.25, -0.2) is 4.39 Å². The second-order valence-electron chi connectivity index (χ2n) is 9.80. The molecule has 5 rings (SSSR count). The Kier molecular flexibility index (Phi) is 5.12. The molecule has 0 atom stereocenters. The highest BCUT2D eigenvalue weighted by Gasteiger charge is 2.37. The molecule has 0 saturated heterocycles. The van der Waals surface area contributed by atoms with Gasteiger partial charge in [-0.1, -0.05) is 80.6 Å². The predicted octanol–water partition coefficient (Wildman–Crippen LogP) is 8.65. The summed E-state index contributed by atoms with van der Waals surface area (Å²) < 4.78 is 15.8. The molecule has 4 aromatic carbocycles. The molecule has 33 heavy (non-hydrogen) atoms. The van der Waals surface area contributed by atoms with Crippen LogP contribution in [0.2, 0.25) is 0 Å². The minimum absolute atomic E-state index is 0.0918. The van der Waals surface area contributed by atoms with Crippen LogP contribution >= 0.6 is 0 Å². The molecule has 0 radical (unpaired) electrons. The fourth-order valence-electron chi connectivity index (χ4n) is 5.40. The number of fused-ring (bicyclic) bond motifs is 3. The van der Waals surface area contributed by atoms with Crippen molar-refractivity contribution in [2.45, 2.75) is 46.1 Å². The fraction of sp³-hybridized carbons (Fsp3) is 0.226. The number of rotatable bonds is 4. The lowest BCUT2D eigenvalue weighted by atomic mass is 9.82. The van der Waals surface area contributed by atoms with Crippen LogP contribution in [-0.2, 0) is 5.41 Å². The van der Waals surface area contributed by atoms with Crippen molar-refractivity contribution in [1.29, 1.82) is 0 Å². The van der Waals surface area contributed by atoms with E-state index in [0.29, 0.717) is 5.69 Å². The number of anilines is 2. The Labute approximate surface area is 196 Å². The summed E-state index contributed by atoms with van der Waals surface area (Å²) in [5.74, 6) is -0.181. The Bertz CT molecular complexity index is 1330. The van der Waals surface area contributed by atoms with Gasteiger partial charge in [0, 0.05) is 17.1 Å². The summed E-state index contributed by atoms with van der Waals surface area (Å²) in [6, 6.07) is 29.0. The molecule has 0 N–H and O–H groups in total. The molecule has 1 aliphatic rings. The molecule has 0 aromatic heterocycles. The fourth-order valence-corrected chi connectivity index (χ4v) is 5.40. The van der Waals surface area contributed by atoms with Crippen molar-refractivity contribution in [3.05, 3.63) is 107 Å². The number of halogens is 1. The first-order valence-electron chi connectivity index (χ1n) is 11.7. The highest BCUT2D eigenvalue weighted by atomic mass is 19.1. The summed E-state index contributed by atoms with van der Waals surface area (Å²) in [5.41, 5.74) is 9.60. The number of benzene rings is 4. The van der Waals surface area contributed by atoms with Gasteiger partial charge in [-0.2, -0.15) is 0 Å². The van der Waals surface area contributed by atoms with E-state index in [4.69, 9.17) is 0 Å². The number of nitrogens with zero attached hydrogens (tertiary/aromatic N) is 1. The van der Waals surface area contributed by atoms with E-state index in [0.717, 1.165) is 22.4 Å². The van der Waals surface area contributed by atoms with E-state index < -0.39 is 0 Å². The lowest BCUT2D eigenvalue weighted by molar-refractivity contribution is 0.613. The van der Waals surface area contributed by atoms with E-state index in [2.05, 4.69) is 106 Å². The minimum atomic E-state index is -0.181. The third-order valence-corrected chi connectivity index (χ3v) is 7.08. The molecule has 0 unspecified atom stereocenters. The lowest BCUT2D eigenvalue weighted by Gasteiger charge is -2.33. The van der Waals surface area contributed by atoms with Gasteiger partial charge in [-0.05, 0) is 77.9 Å². The zero-order valence-electron chi connectivity index (χ0n) is 20.0. The average Bonchev–Trinajstić information content (AvgIpc) is 3.02. The average molecular weight is 436 g/mol. The van der Waals surface area contributed by atoms with Gasteiger partial charge < -0.3 is 4.90 Å². The normalized spacial score (nSPS) is 13.7. The predicted molar refractivity (Wildman–Crippen MR) is 138 cm³/mol. The van der Waals surface area contributed by atoms with E-state index in [1.165, 1.54) is 22.3 Å². The van der Waals surface area contributed by atoms with Crippen LogP contribution in [0.25, 0.3) is 22.3 Å². The quantitative estimate of drug-likeness (QED) is 0.310. The van der Waals surface area contributed by atoms with Crippen molar-refractivity contribution in [3.8, 4) is 22.3 Å². The molecule has 2 heteroatoms. The first kappa shape index (κ1) is 21.5. The summed E-state index contributed by atoms with van der Waals surface area (Å²) in [6.45, 7) is 10.9. The van der Waals surface area contributed by atoms with Gasteiger partial charge in [0.15, 0.2) is 0 Å². The van der Waals surface area contributed by atoms with Crippen LogP contribution in [0.1, 0.15) is 44.4 Å². The Morgan fingerprint density at radius 3 is 2.09 bits per heavy atom. The zero-order valence-corrected chi connectivity index (χ0v) is 20.0. The Hall–Kier alpha value is -3.39. The standard InChI is InChI=1S/C31H30FN/c1-20(2)33(29-17-11-15-23(21(29)3)22-12-7-6-8-13-22)30-19-27-25(18-28(30)32)24-14-9-10-16-26(24)31(27,4)5/h6-20H,1-5H3. The second-order valence-corrected chi connectivity index (χ2v) is 9.80. The SMILES string of the molecule is Cc1c(-c2ccccc2)cccc1N(c1cc2c(cc1F)-c1ccccc1C2(C)C)C(C)C. The molecule has 0 bridgehead atoms. The molecule has 0 spiro atoms. The molecule has 0 amide bonds. The number of hydrogen-bond donors (Lipinski definition) is 0. The van der Waals surface area contributed by atoms with E-state index in [-0.39, 0.29) is 17.3 Å². The number of hydrogen-bond acceptors (Lipinski definition) is 1. The monoisotopic (exact) mass is 435 g/mol. The highest BCUT2D eigenvalue weighted by molar-refractivity contribution is 5.85. The van der Waals surface area contributed by atoms with Crippen LogP contribution in [0.5, 0.6) is 0 Å². The summed E-state index contributed by atoms with van der Waals surface area (Å²) in [5, 5.41) is 0. The maximum atomic E-state index is 15.8. The first-order chi connectivity index (χ1) is 15.8. The van der Waals surface area contributed by atoms with Crippen LogP contribution in [-0.4, -0.2) is 6.04 Å². The second kappa shape index (κ2) is 7.88. The lowest BCUT2D eigenvalue weighted by Crippen LogP contribution is -2.28.